The number of benzene rings is 1. The van der Waals surface area contributed by atoms with Gasteiger partial charge in [0.05, 0.1) is 11.1 Å². The topological polar surface area (TPSA) is 32.3 Å². The van der Waals surface area contributed by atoms with Crippen LogP contribution in [0.3, 0.4) is 0 Å². The van der Waals surface area contributed by atoms with Crippen molar-refractivity contribution in [3.63, 3.8) is 0 Å². The number of hydrogen-bond acceptors (Lipinski definition) is 2. The van der Waals surface area contributed by atoms with Gasteiger partial charge in [0.2, 0.25) is 0 Å². The highest BCUT2D eigenvalue weighted by atomic mass is 79.9. The van der Waals surface area contributed by atoms with Crippen LogP contribution < -0.4 is 5.32 Å². The van der Waals surface area contributed by atoms with Crippen LogP contribution in [-0.2, 0) is 0 Å². The lowest BCUT2D eigenvalue weighted by molar-refractivity contribution is 0.230. The minimum Gasteiger partial charge on any atom is -0.395 e. The number of halogens is 2. The third-order valence-corrected chi connectivity index (χ3v) is 3.29. The maximum absolute atomic E-state index is 13.3. The minimum atomic E-state index is -0.261. The number of rotatable bonds is 5. The Morgan fingerprint density at radius 3 is 2.69 bits per heavy atom. The third kappa shape index (κ3) is 3.54. The number of nitrogens with one attached hydrogen (secondary N) is 1. The van der Waals surface area contributed by atoms with Crippen molar-refractivity contribution >= 4 is 15.9 Å². The standard InChI is InChI=1S/C12H17BrFNO/c1-3-10(7-16)15-8(2)9-4-5-11(13)12(14)6-9/h4-6,8,10,15-16H,3,7H2,1-2H3/t8?,10-/m1/s1. The molecule has 0 radical (unpaired) electrons. The summed E-state index contributed by atoms with van der Waals surface area (Å²) in [5.74, 6) is -0.261. The molecule has 0 spiro atoms. The average molecular weight is 290 g/mol. The zero-order chi connectivity index (χ0) is 12.1. The van der Waals surface area contributed by atoms with E-state index in [1.54, 1.807) is 6.07 Å². The predicted molar refractivity (Wildman–Crippen MR) is 66.8 cm³/mol. The molecule has 1 rings (SSSR count). The molecule has 2 nitrogen and oxygen atoms in total. The van der Waals surface area contributed by atoms with E-state index in [2.05, 4.69) is 21.2 Å². The predicted octanol–water partition coefficient (Wildman–Crippen LogP) is 3.01. The van der Waals surface area contributed by atoms with E-state index in [0.29, 0.717) is 4.47 Å². The van der Waals surface area contributed by atoms with E-state index >= 15 is 0 Å². The molecule has 1 aromatic carbocycles. The van der Waals surface area contributed by atoms with Crippen LogP contribution in [0.2, 0.25) is 0 Å². The van der Waals surface area contributed by atoms with Crippen LogP contribution in [0.4, 0.5) is 4.39 Å². The molecule has 0 heterocycles. The van der Waals surface area contributed by atoms with Gasteiger partial charge < -0.3 is 10.4 Å². The van der Waals surface area contributed by atoms with Crippen LogP contribution in [-0.4, -0.2) is 17.8 Å². The van der Waals surface area contributed by atoms with Crippen LogP contribution >= 0.6 is 15.9 Å². The molecule has 0 saturated carbocycles. The van der Waals surface area contributed by atoms with Crippen LogP contribution in [0.1, 0.15) is 31.9 Å². The Kier molecular flexibility index (Phi) is 5.38. The minimum absolute atomic E-state index is 0.0275. The molecule has 4 heteroatoms. The first kappa shape index (κ1) is 13.6. The third-order valence-electron chi connectivity index (χ3n) is 2.64. The van der Waals surface area contributed by atoms with Crippen molar-refractivity contribution in [2.24, 2.45) is 0 Å². The van der Waals surface area contributed by atoms with E-state index in [-0.39, 0.29) is 24.5 Å². The molecule has 0 saturated heterocycles. The van der Waals surface area contributed by atoms with Crippen LogP contribution in [0.5, 0.6) is 0 Å². The summed E-state index contributed by atoms with van der Waals surface area (Å²) in [5.41, 5.74) is 0.882. The maximum atomic E-state index is 13.3. The summed E-state index contributed by atoms with van der Waals surface area (Å²) in [6.45, 7) is 4.06. The Labute approximate surface area is 104 Å². The molecule has 90 valence electrons. The van der Waals surface area contributed by atoms with E-state index in [1.165, 1.54) is 6.07 Å². The van der Waals surface area contributed by atoms with E-state index in [9.17, 15) is 4.39 Å². The van der Waals surface area contributed by atoms with Crippen molar-refractivity contribution in [2.45, 2.75) is 32.4 Å². The highest BCUT2D eigenvalue weighted by Gasteiger charge is 2.12. The second-order valence-electron chi connectivity index (χ2n) is 3.85. The Bertz CT molecular complexity index is 342. The van der Waals surface area contributed by atoms with E-state index in [0.717, 1.165) is 12.0 Å². The number of hydrogen-bond donors (Lipinski definition) is 2. The zero-order valence-corrected chi connectivity index (χ0v) is 11.1. The van der Waals surface area contributed by atoms with Crippen LogP contribution in [0.15, 0.2) is 22.7 Å². The SMILES string of the molecule is CC[C@H](CO)NC(C)c1ccc(Br)c(F)c1. The lowest BCUT2D eigenvalue weighted by Gasteiger charge is -2.21. The van der Waals surface area contributed by atoms with Gasteiger partial charge >= 0.3 is 0 Å². The largest absolute Gasteiger partial charge is 0.395 e. The molecule has 0 aromatic heterocycles. The average Bonchev–Trinajstić information content (AvgIpc) is 2.29. The molecular formula is C12H17BrFNO. The lowest BCUT2D eigenvalue weighted by atomic mass is 10.1. The Morgan fingerprint density at radius 2 is 2.19 bits per heavy atom. The second-order valence-corrected chi connectivity index (χ2v) is 4.70. The zero-order valence-electron chi connectivity index (χ0n) is 9.50. The molecule has 1 unspecified atom stereocenters. The first-order valence-corrected chi connectivity index (χ1v) is 6.19. The van der Waals surface area contributed by atoms with Gasteiger partial charge in [-0.05, 0) is 47.0 Å². The molecule has 0 aliphatic carbocycles. The van der Waals surface area contributed by atoms with Crippen LogP contribution in [0.25, 0.3) is 0 Å². The Balaban J connectivity index is 2.72. The van der Waals surface area contributed by atoms with Gasteiger partial charge in [0.1, 0.15) is 5.82 Å². The van der Waals surface area contributed by atoms with Gasteiger partial charge in [-0.25, -0.2) is 4.39 Å². The highest BCUT2D eigenvalue weighted by Crippen LogP contribution is 2.20. The smallest absolute Gasteiger partial charge is 0.137 e. The molecule has 0 bridgehead atoms. The fourth-order valence-electron chi connectivity index (χ4n) is 1.53. The molecule has 2 N–H and O–H groups in total. The van der Waals surface area contributed by atoms with Gasteiger partial charge in [-0.15, -0.1) is 0 Å². The van der Waals surface area contributed by atoms with Gasteiger partial charge in [0.25, 0.3) is 0 Å². The summed E-state index contributed by atoms with van der Waals surface area (Å²) in [4.78, 5) is 0. The summed E-state index contributed by atoms with van der Waals surface area (Å²) in [5, 5.41) is 12.3. The van der Waals surface area contributed by atoms with Gasteiger partial charge in [0, 0.05) is 12.1 Å². The summed E-state index contributed by atoms with van der Waals surface area (Å²) in [6, 6.07) is 5.16. The number of aliphatic hydroxyl groups is 1. The lowest BCUT2D eigenvalue weighted by Crippen LogP contribution is -2.33. The summed E-state index contributed by atoms with van der Waals surface area (Å²) < 4.78 is 13.8. The quantitative estimate of drug-likeness (QED) is 0.873. The van der Waals surface area contributed by atoms with Crippen LogP contribution in [0, 0.1) is 5.82 Å². The molecule has 0 aliphatic heterocycles. The molecular weight excluding hydrogens is 273 g/mol. The summed E-state index contributed by atoms with van der Waals surface area (Å²) in [6.07, 6.45) is 0.847. The van der Waals surface area contributed by atoms with Crippen molar-refractivity contribution < 1.29 is 9.50 Å². The molecule has 2 atom stereocenters. The first-order chi connectivity index (χ1) is 7.58. The summed E-state index contributed by atoms with van der Waals surface area (Å²) >= 11 is 3.12. The van der Waals surface area contributed by atoms with Crippen molar-refractivity contribution in [3.8, 4) is 0 Å². The summed E-state index contributed by atoms with van der Waals surface area (Å²) in [7, 11) is 0. The van der Waals surface area contributed by atoms with Gasteiger partial charge in [0.15, 0.2) is 0 Å². The van der Waals surface area contributed by atoms with Crippen molar-refractivity contribution in [3.05, 3.63) is 34.1 Å². The second kappa shape index (κ2) is 6.33. The van der Waals surface area contributed by atoms with E-state index in [4.69, 9.17) is 5.11 Å². The Morgan fingerprint density at radius 1 is 1.50 bits per heavy atom. The first-order valence-electron chi connectivity index (χ1n) is 5.40. The normalized spacial score (nSPS) is 14.8. The molecule has 0 fully saturated rings. The fraction of sp³-hybridized carbons (Fsp3) is 0.500. The van der Waals surface area contributed by atoms with Crippen molar-refractivity contribution in [2.75, 3.05) is 6.61 Å². The molecule has 16 heavy (non-hydrogen) atoms. The van der Waals surface area contributed by atoms with Gasteiger partial charge in [-0.1, -0.05) is 13.0 Å². The Hall–Kier alpha value is -0.450. The van der Waals surface area contributed by atoms with Gasteiger partial charge in [-0.3, -0.25) is 0 Å². The number of aliphatic hydroxyl groups excluding tert-OH is 1. The van der Waals surface area contributed by atoms with Crippen molar-refractivity contribution in [1.82, 2.24) is 5.32 Å². The monoisotopic (exact) mass is 289 g/mol. The van der Waals surface area contributed by atoms with E-state index < -0.39 is 0 Å². The molecule has 0 aliphatic rings. The highest BCUT2D eigenvalue weighted by molar-refractivity contribution is 9.10. The molecule has 0 amide bonds. The van der Waals surface area contributed by atoms with Crippen molar-refractivity contribution in [1.29, 1.82) is 0 Å². The van der Waals surface area contributed by atoms with E-state index in [1.807, 2.05) is 19.9 Å². The maximum Gasteiger partial charge on any atom is 0.137 e. The van der Waals surface area contributed by atoms with Gasteiger partial charge in [-0.2, -0.15) is 0 Å². The fourth-order valence-corrected chi connectivity index (χ4v) is 1.78. The molecule has 1 aromatic rings.